The fraction of sp³-hybridized carbons (Fsp3) is 1.00. The Morgan fingerprint density at radius 2 is 2.08 bits per heavy atom. The molecule has 4 N–H and O–H groups in total. The van der Waals surface area contributed by atoms with E-state index in [1.165, 1.54) is 0 Å². The van der Waals surface area contributed by atoms with Crippen LogP contribution in [0.3, 0.4) is 0 Å². The van der Waals surface area contributed by atoms with Crippen molar-refractivity contribution in [1.29, 1.82) is 0 Å². The van der Waals surface area contributed by atoms with Crippen molar-refractivity contribution < 1.29 is 15.3 Å². The van der Waals surface area contributed by atoms with Crippen LogP contribution < -0.4 is 5.32 Å². The van der Waals surface area contributed by atoms with E-state index in [1.807, 2.05) is 0 Å². The fourth-order valence-corrected chi connectivity index (χ4v) is 2.75. The quantitative estimate of drug-likeness (QED) is 0.386. The van der Waals surface area contributed by atoms with E-state index in [0.29, 0.717) is 19.5 Å². The van der Waals surface area contributed by atoms with E-state index < -0.39 is 17.3 Å². The second kappa shape index (κ2) is 2.67. The van der Waals surface area contributed by atoms with Crippen molar-refractivity contribution in [2.24, 2.45) is 5.92 Å². The summed E-state index contributed by atoms with van der Waals surface area (Å²) >= 11 is 0. The summed E-state index contributed by atoms with van der Waals surface area (Å²) in [4.78, 5) is 0. The maximum Gasteiger partial charge on any atom is 0.0986 e. The highest BCUT2D eigenvalue weighted by molar-refractivity contribution is 5.11. The van der Waals surface area contributed by atoms with Crippen molar-refractivity contribution in [3.8, 4) is 0 Å². The molecular weight excluding hydrogens is 170 g/mol. The molecule has 4 heteroatoms. The van der Waals surface area contributed by atoms with Crippen molar-refractivity contribution in [1.82, 2.24) is 5.32 Å². The number of hydrogen-bond acceptors (Lipinski definition) is 4. The number of aliphatic hydroxyl groups excluding tert-OH is 1. The smallest absolute Gasteiger partial charge is 0.0986 e. The summed E-state index contributed by atoms with van der Waals surface area (Å²) in [6, 6.07) is 0. The lowest BCUT2D eigenvalue weighted by molar-refractivity contribution is -0.114. The zero-order valence-electron chi connectivity index (χ0n) is 7.82. The number of hydrogen-bond donors (Lipinski definition) is 4. The van der Waals surface area contributed by atoms with Crippen LogP contribution in [0, 0.1) is 5.92 Å². The second-order valence-electron chi connectivity index (χ2n) is 4.58. The molecule has 1 aliphatic carbocycles. The molecular formula is C9H17NO3. The van der Waals surface area contributed by atoms with Crippen LogP contribution >= 0.6 is 0 Å². The van der Waals surface area contributed by atoms with E-state index in [1.54, 1.807) is 6.92 Å². The van der Waals surface area contributed by atoms with E-state index in [0.717, 1.165) is 0 Å². The van der Waals surface area contributed by atoms with Gasteiger partial charge in [0.15, 0.2) is 0 Å². The monoisotopic (exact) mass is 187 g/mol. The van der Waals surface area contributed by atoms with Crippen LogP contribution in [0.2, 0.25) is 0 Å². The number of fused-ring (bicyclic) bond motifs is 1. The van der Waals surface area contributed by atoms with Gasteiger partial charge in [0.1, 0.15) is 0 Å². The molecule has 2 aliphatic rings. The number of aliphatic hydroxyl groups is 3. The van der Waals surface area contributed by atoms with Gasteiger partial charge in [0.25, 0.3) is 0 Å². The van der Waals surface area contributed by atoms with Gasteiger partial charge in [-0.3, -0.25) is 0 Å². The van der Waals surface area contributed by atoms with Gasteiger partial charge in [0.05, 0.1) is 17.3 Å². The molecule has 1 unspecified atom stereocenters. The van der Waals surface area contributed by atoms with E-state index in [4.69, 9.17) is 0 Å². The third-order valence-electron chi connectivity index (χ3n) is 3.59. The van der Waals surface area contributed by atoms with Gasteiger partial charge >= 0.3 is 0 Å². The Morgan fingerprint density at radius 3 is 2.69 bits per heavy atom. The largest absolute Gasteiger partial charge is 0.390 e. The Kier molecular flexibility index (Phi) is 1.93. The molecule has 1 saturated heterocycles. The Balaban J connectivity index is 2.29. The first kappa shape index (κ1) is 9.40. The van der Waals surface area contributed by atoms with Gasteiger partial charge < -0.3 is 20.6 Å². The summed E-state index contributed by atoms with van der Waals surface area (Å²) in [6.45, 7) is 2.98. The normalized spacial score (nSPS) is 56.3. The number of nitrogens with one attached hydrogen (secondary N) is 1. The minimum absolute atomic E-state index is 0.247. The zero-order chi connectivity index (χ0) is 9.69. The average molecular weight is 187 g/mol. The first-order valence-corrected chi connectivity index (χ1v) is 4.80. The Morgan fingerprint density at radius 1 is 1.38 bits per heavy atom. The van der Waals surface area contributed by atoms with Crippen LogP contribution in [0.15, 0.2) is 0 Å². The molecule has 1 heterocycles. The van der Waals surface area contributed by atoms with Crippen molar-refractivity contribution >= 4 is 0 Å². The molecule has 4 atom stereocenters. The van der Waals surface area contributed by atoms with Gasteiger partial charge in [-0.1, -0.05) is 0 Å². The SMILES string of the molecule is C[C@]1(O)C[C@@H](O)[C@]2(O)CCNCC12. The lowest BCUT2D eigenvalue weighted by Gasteiger charge is -2.40. The van der Waals surface area contributed by atoms with Gasteiger partial charge in [0, 0.05) is 18.9 Å². The molecule has 0 aromatic carbocycles. The summed E-state index contributed by atoms with van der Waals surface area (Å²) in [6.07, 6.45) is 0.0137. The minimum atomic E-state index is -1.07. The summed E-state index contributed by atoms with van der Waals surface area (Å²) < 4.78 is 0. The topological polar surface area (TPSA) is 72.7 Å². The molecule has 2 fully saturated rings. The summed E-state index contributed by atoms with van der Waals surface area (Å²) in [5.41, 5.74) is -2.02. The molecule has 1 aliphatic heterocycles. The maximum atomic E-state index is 10.2. The van der Waals surface area contributed by atoms with Crippen LogP contribution in [-0.4, -0.2) is 45.7 Å². The average Bonchev–Trinajstić information content (AvgIpc) is 2.20. The van der Waals surface area contributed by atoms with Crippen LogP contribution in [0.5, 0.6) is 0 Å². The minimum Gasteiger partial charge on any atom is -0.390 e. The van der Waals surface area contributed by atoms with E-state index in [9.17, 15) is 15.3 Å². The van der Waals surface area contributed by atoms with Crippen molar-refractivity contribution in [3.05, 3.63) is 0 Å². The standard InChI is InChI=1S/C9H17NO3/c1-8(12)4-7(11)9(13)2-3-10-5-6(8)9/h6-7,10-13H,2-5H2,1H3/t6?,7-,8+,9+/m1/s1. The molecule has 4 nitrogen and oxygen atoms in total. The molecule has 0 spiro atoms. The van der Waals surface area contributed by atoms with Crippen LogP contribution in [-0.2, 0) is 0 Å². The lowest BCUT2D eigenvalue weighted by Crippen LogP contribution is -2.56. The highest BCUT2D eigenvalue weighted by atomic mass is 16.4. The second-order valence-corrected chi connectivity index (χ2v) is 4.58. The first-order chi connectivity index (χ1) is 5.97. The van der Waals surface area contributed by atoms with Crippen LogP contribution in [0.1, 0.15) is 19.8 Å². The van der Waals surface area contributed by atoms with E-state index in [-0.39, 0.29) is 12.3 Å². The van der Waals surface area contributed by atoms with E-state index >= 15 is 0 Å². The van der Waals surface area contributed by atoms with Gasteiger partial charge in [-0.15, -0.1) is 0 Å². The predicted molar refractivity (Wildman–Crippen MR) is 47.2 cm³/mol. The van der Waals surface area contributed by atoms with Crippen molar-refractivity contribution in [2.75, 3.05) is 13.1 Å². The Bertz CT molecular complexity index is 219. The molecule has 13 heavy (non-hydrogen) atoms. The highest BCUT2D eigenvalue weighted by Gasteiger charge is 2.59. The number of piperidine rings is 1. The molecule has 0 amide bonds. The van der Waals surface area contributed by atoms with Crippen LogP contribution in [0.25, 0.3) is 0 Å². The molecule has 2 rings (SSSR count). The van der Waals surface area contributed by atoms with E-state index in [2.05, 4.69) is 5.32 Å². The fourth-order valence-electron chi connectivity index (χ4n) is 2.75. The third kappa shape index (κ3) is 1.21. The van der Waals surface area contributed by atoms with Gasteiger partial charge in [-0.05, 0) is 19.9 Å². The highest BCUT2D eigenvalue weighted by Crippen LogP contribution is 2.45. The molecule has 0 bridgehead atoms. The Hall–Kier alpha value is -0.160. The van der Waals surface area contributed by atoms with Crippen LogP contribution in [0.4, 0.5) is 0 Å². The molecule has 0 aromatic rings. The van der Waals surface area contributed by atoms with Gasteiger partial charge in [-0.25, -0.2) is 0 Å². The van der Waals surface area contributed by atoms with Crippen molar-refractivity contribution in [3.63, 3.8) is 0 Å². The van der Waals surface area contributed by atoms with Gasteiger partial charge in [-0.2, -0.15) is 0 Å². The first-order valence-electron chi connectivity index (χ1n) is 4.80. The Labute approximate surface area is 77.6 Å². The van der Waals surface area contributed by atoms with Crippen molar-refractivity contribution in [2.45, 2.75) is 37.1 Å². The molecule has 0 aromatic heterocycles. The maximum absolute atomic E-state index is 10.2. The molecule has 1 saturated carbocycles. The lowest BCUT2D eigenvalue weighted by atomic mass is 9.79. The van der Waals surface area contributed by atoms with Gasteiger partial charge in [0.2, 0.25) is 0 Å². The molecule has 76 valence electrons. The predicted octanol–water partition coefficient (Wildman–Crippen LogP) is -1.16. The summed E-state index contributed by atoms with van der Waals surface area (Å²) in [5.74, 6) is -0.247. The summed E-state index contributed by atoms with van der Waals surface area (Å²) in [7, 11) is 0. The summed E-state index contributed by atoms with van der Waals surface area (Å²) in [5, 5.41) is 32.9. The number of rotatable bonds is 0. The zero-order valence-corrected chi connectivity index (χ0v) is 7.82. The third-order valence-corrected chi connectivity index (χ3v) is 3.59. The molecule has 0 radical (unpaired) electrons.